The minimum absolute atomic E-state index is 0.207. The number of rotatable bonds is 2. The summed E-state index contributed by atoms with van der Waals surface area (Å²) in [4.78, 5) is 0. The van der Waals surface area contributed by atoms with Gasteiger partial charge in [0, 0.05) is 11.0 Å². The lowest BCUT2D eigenvalue weighted by molar-refractivity contribution is 0.212. The van der Waals surface area contributed by atoms with E-state index in [0.29, 0.717) is 29.4 Å². The Labute approximate surface area is 102 Å². The molecule has 2 rings (SSSR count). The molecule has 17 heavy (non-hydrogen) atoms. The molecule has 0 radical (unpaired) electrons. The molecule has 1 aliphatic rings. The average molecular weight is 238 g/mol. The van der Waals surface area contributed by atoms with Gasteiger partial charge in [-0.25, -0.2) is 8.78 Å². The maximum atomic E-state index is 14.1. The highest BCUT2D eigenvalue weighted by Crippen LogP contribution is 2.50. The van der Waals surface area contributed by atoms with Crippen molar-refractivity contribution < 1.29 is 8.78 Å². The molecule has 1 aromatic rings. The van der Waals surface area contributed by atoms with E-state index < -0.39 is 0 Å². The third kappa shape index (κ3) is 1.61. The molecule has 0 nitrogen and oxygen atoms in total. The molecule has 1 aliphatic carbocycles. The van der Waals surface area contributed by atoms with Crippen molar-refractivity contribution in [3.63, 3.8) is 0 Å². The highest BCUT2D eigenvalue weighted by Gasteiger charge is 2.46. The standard InChI is InChI=1S/C15H20F2/c1-9(2)15(10(3)4)8-7-11-12(16)5-6-13(17)14(11)15/h5-6,9-10H,7-8H2,1-4H3. The molecule has 0 atom stereocenters. The maximum Gasteiger partial charge on any atom is 0.127 e. The van der Waals surface area contributed by atoms with Gasteiger partial charge in [0.05, 0.1) is 0 Å². The molecular formula is C15H20F2. The van der Waals surface area contributed by atoms with Crippen LogP contribution in [0.2, 0.25) is 0 Å². The van der Waals surface area contributed by atoms with Crippen LogP contribution < -0.4 is 0 Å². The van der Waals surface area contributed by atoms with Crippen LogP contribution in [0, 0.1) is 23.5 Å². The third-order valence-corrected chi connectivity index (χ3v) is 4.52. The fourth-order valence-electron chi connectivity index (χ4n) is 3.62. The normalized spacial score (nSPS) is 17.9. The van der Waals surface area contributed by atoms with Gasteiger partial charge in [0.15, 0.2) is 0 Å². The molecule has 0 amide bonds. The number of benzene rings is 1. The Morgan fingerprint density at radius 1 is 1.00 bits per heavy atom. The smallest absolute Gasteiger partial charge is 0.127 e. The van der Waals surface area contributed by atoms with Crippen molar-refractivity contribution >= 4 is 0 Å². The molecule has 1 aromatic carbocycles. The van der Waals surface area contributed by atoms with Crippen LogP contribution in [0.25, 0.3) is 0 Å². The molecule has 0 N–H and O–H groups in total. The highest BCUT2D eigenvalue weighted by molar-refractivity contribution is 5.42. The first kappa shape index (κ1) is 12.5. The average Bonchev–Trinajstić information content (AvgIpc) is 2.65. The van der Waals surface area contributed by atoms with Gasteiger partial charge in [0.25, 0.3) is 0 Å². The Morgan fingerprint density at radius 3 is 2.06 bits per heavy atom. The van der Waals surface area contributed by atoms with Crippen LogP contribution in [0.1, 0.15) is 45.2 Å². The van der Waals surface area contributed by atoms with Crippen LogP contribution in [0.3, 0.4) is 0 Å². The summed E-state index contributed by atoms with van der Waals surface area (Å²) in [5, 5.41) is 0. The SMILES string of the molecule is CC(C)C1(C(C)C)CCc2c(F)ccc(F)c21. The van der Waals surface area contributed by atoms with E-state index in [-0.39, 0.29) is 17.0 Å². The van der Waals surface area contributed by atoms with E-state index in [1.165, 1.54) is 12.1 Å². The maximum absolute atomic E-state index is 14.1. The second-order valence-electron chi connectivity index (χ2n) is 5.73. The zero-order valence-corrected chi connectivity index (χ0v) is 11.0. The summed E-state index contributed by atoms with van der Waals surface area (Å²) in [6, 6.07) is 2.53. The van der Waals surface area contributed by atoms with Crippen LogP contribution in [0.15, 0.2) is 12.1 Å². The number of hydrogen-bond donors (Lipinski definition) is 0. The lowest BCUT2D eigenvalue weighted by Crippen LogP contribution is -2.36. The molecule has 0 heterocycles. The zero-order valence-electron chi connectivity index (χ0n) is 11.0. The Morgan fingerprint density at radius 2 is 1.53 bits per heavy atom. The van der Waals surface area contributed by atoms with Crippen LogP contribution in [0.5, 0.6) is 0 Å². The largest absolute Gasteiger partial charge is 0.207 e. The quantitative estimate of drug-likeness (QED) is 0.713. The molecule has 0 unspecified atom stereocenters. The van der Waals surface area contributed by atoms with E-state index in [0.717, 1.165) is 6.42 Å². The second kappa shape index (κ2) is 4.08. The van der Waals surface area contributed by atoms with Crippen LogP contribution in [-0.4, -0.2) is 0 Å². The predicted octanol–water partition coefficient (Wildman–Crippen LogP) is 4.46. The fourth-order valence-corrected chi connectivity index (χ4v) is 3.62. The molecule has 0 saturated heterocycles. The van der Waals surface area contributed by atoms with Crippen molar-refractivity contribution in [1.82, 2.24) is 0 Å². The summed E-state index contributed by atoms with van der Waals surface area (Å²) in [7, 11) is 0. The van der Waals surface area contributed by atoms with E-state index in [2.05, 4.69) is 27.7 Å². The Bertz CT molecular complexity index is 425. The number of halogens is 2. The lowest BCUT2D eigenvalue weighted by atomic mass is 9.65. The molecule has 0 fully saturated rings. The van der Waals surface area contributed by atoms with Crippen molar-refractivity contribution in [2.45, 2.75) is 46.0 Å². The summed E-state index contributed by atoms with van der Waals surface area (Å²) in [6.07, 6.45) is 1.52. The van der Waals surface area contributed by atoms with Crippen molar-refractivity contribution in [2.75, 3.05) is 0 Å². The van der Waals surface area contributed by atoms with Crippen molar-refractivity contribution in [3.05, 3.63) is 34.9 Å². The van der Waals surface area contributed by atoms with Crippen molar-refractivity contribution in [2.24, 2.45) is 11.8 Å². The van der Waals surface area contributed by atoms with Gasteiger partial charge in [-0.15, -0.1) is 0 Å². The van der Waals surface area contributed by atoms with Gasteiger partial charge in [0.2, 0.25) is 0 Å². The molecular weight excluding hydrogens is 218 g/mol. The molecule has 0 spiro atoms. The van der Waals surface area contributed by atoms with Crippen LogP contribution in [0.4, 0.5) is 8.78 Å². The van der Waals surface area contributed by atoms with Crippen molar-refractivity contribution in [1.29, 1.82) is 0 Å². The number of fused-ring (bicyclic) bond motifs is 1. The summed E-state index contributed by atoms with van der Waals surface area (Å²) >= 11 is 0. The van der Waals surface area contributed by atoms with Gasteiger partial charge in [-0.2, -0.15) is 0 Å². The topological polar surface area (TPSA) is 0 Å². The molecule has 94 valence electrons. The summed E-state index contributed by atoms with van der Waals surface area (Å²) < 4.78 is 27.9. The van der Waals surface area contributed by atoms with E-state index in [4.69, 9.17) is 0 Å². The molecule has 2 heteroatoms. The predicted molar refractivity (Wildman–Crippen MR) is 66.0 cm³/mol. The highest BCUT2D eigenvalue weighted by atomic mass is 19.1. The van der Waals surface area contributed by atoms with E-state index in [9.17, 15) is 8.78 Å². The molecule has 0 saturated carbocycles. The summed E-state index contributed by atoms with van der Waals surface area (Å²) in [5.41, 5.74) is 1.04. The van der Waals surface area contributed by atoms with Gasteiger partial charge in [-0.05, 0) is 42.4 Å². The Hall–Kier alpha value is -0.920. The monoisotopic (exact) mass is 238 g/mol. The third-order valence-electron chi connectivity index (χ3n) is 4.52. The van der Waals surface area contributed by atoms with Crippen LogP contribution in [-0.2, 0) is 11.8 Å². The van der Waals surface area contributed by atoms with Gasteiger partial charge in [-0.3, -0.25) is 0 Å². The van der Waals surface area contributed by atoms with E-state index in [1.54, 1.807) is 0 Å². The van der Waals surface area contributed by atoms with E-state index in [1.807, 2.05) is 0 Å². The summed E-state index contributed by atoms with van der Waals surface area (Å²) in [5.74, 6) is 0.158. The first-order valence-corrected chi connectivity index (χ1v) is 6.38. The first-order valence-electron chi connectivity index (χ1n) is 6.38. The second-order valence-corrected chi connectivity index (χ2v) is 5.73. The lowest BCUT2D eigenvalue weighted by Gasteiger charge is -2.39. The molecule has 0 aromatic heterocycles. The Kier molecular flexibility index (Phi) is 3.01. The fraction of sp³-hybridized carbons (Fsp3) is 0.600. The van der Waals surface area contributed by atoms with Crippen LogP contribution >= 0.6 is 0 Å². The van der Waals surface area contributed by atoms with Crippen molar-refractivity contribution in [3.8, 4) is 0 Å². The first-order chi connectivity index (χ1) is 7.91. The summed E-state index contributed by atoms with van der Waals surface area (Å²) in [6.45, 7) is 8.44. The zero-order chi connectivity index (χ0) is 12.8. The van der Waals surface area contributed by atoms with Gasteiger partial charge < -0.3 is 0 Å². The van der Waals surface area contributed by atoms with Gasteiger partial charge in [-0.1, -0.05) is 27.7 Å². The van der Waals surface area contributed by atoms with Gasteiger partial charge in [0.1, 0.15) is 11.6 Å². The molecule has 0 aliphatic heterocycles. The Balaban J connectivity index is 2.69. The molecule has 0 bridgehead atoms. The minimum Gasteiger partial charge on any atom is -0.207 e. The number of hydrogen-bond acceptors (Lipinski definition) is 0. The van der Waals surface area contributed by atoms with Gasteiger partial charge >= 0.3 is 0 Å². The van der Waals surface area contributed by atoms with E-state index >= 15 is 0 Å². The minimum atomic E-state index is -0.246.